The summed E-state index contributed by atoms with van der Waals surface area (Å²) in [6.07, 6.45) is 0.0317. The van der Waals surface area contributed by atoms with Crippen molar-refractivity contribution in [3.05, 3.63) is 64.8 Å². The van der Waals surface area contributed by atoms with Gasteiger partial charge in [-0.1, -0.05) is 0 Å². The molecule has 5 nitrogen and oxygen atoms in total. The van der Waals surface area contributed by atoms with E-state index in [2.05, 4.69) is 15.1 Å². The van der Waals surface area contributed by atoms with Crippen molar-refractivity contribution >= 4 is 0 Å². The Balaban J connectivity index is 1.99. The minimum atomic E-state index is -4.41. The van der Waals surface area contributed by atoms with E-state index < -0.39 is 17.3 Å². The third-order valence-corrected chi connectivity index (χ3v) is 3.01. The first-order chi connectivity index (χ1) is 10.4. The second-order valence-corrected chi connectivity index (χ2v) is 4.48. The molecule has 2 aromatic heterocycles. The van der Waals surface area contributed by atoms with Gasteiger partial charge in [0.1, 0.15) is 5.69 Å². The molecule has 0 saturated carbocycles. The lowest BCUT2D eigenvalue weighted by Gasteiger charge is -2.07. The Hall–Kier alpha value is -2.90. The summed E-state index contributed by atoms with van der Waals surface area (Å²) >= 11 is 0. The van der Waals surface area contributed by atoms with E-state index in [-0.39, 0.29) is 0 Å². The summed E-state index contributed by atoms with van der Waals surface area (Å²) in [5, 5.41) is 2.79. The smallest absolute Gasteiger partial charge is 0.289 e. The van der Waals surface area contributed by atoms with E-state index in [0.29, 0.717) is 17.1 Å². The van der Waals surface area contributed by atoms with Crippen LogP contribution in [0.1, 0.15) is 5.56 Å². The standard InChI is InChI=1S/C14H9F3N4O/c15-14(16,17)9-1-3-10(4-2-9)21-13(22)7-11(20-21)12-8-18-5-6-19-12/h1-8,20H. The van der Waals surface area contributed by atoms with Crippen LogP contribution in [0.4, 0.5) is 13.2 Å². The fourth-order valence-electron chi connectivity index (χ4n) is 1.96. The zero-order valence-electron chi connectivity index (χ0n) is 11.0. The van der Waals surface area contributed by atoms with E-state index in [0.717, 1.165) is 16.8 Å². The number of aromatic amines is 1. The summed E-state index contributed by atoms with van der Waals surface area (Å²) in [6.45, 7) is 0. The van der Waals surface area contributed by atoms with Gasteiger partial charge in [-0.25, -0.2) is 4.68 Å². The van der Waals surface area contributed by atoms with Gasteiger partial charge in [0.25, 0.3) is 5.56 Å². The number of alkyl halides is 3. The summed E-state index contributed by atoms with van der Waals surface area (Å²) in [7, 11) is 0. The van der Waals surface area contributed by atoms with E-state index >= 15 is 0 Å². The molecule has 0 aliphatic carbocycles. The number of H-pyrrole nitrogens is 1. The highest BCUT2D eigenvalue weighted by atomic mass is 19.4. The van der Waals surface area contributed by atoms with Crippen LogP contribution in [0, 0.1) is 0 Å². The Morgan fingerprint density at radius 3 is 2.41 bits per heavy atom. The molecule has 22 heavy (non-hydrogen) atoms. The zero-order chi connectivity index (χ0) is 15.7. The quantitative estimate of drug-likeness (QED) is 0.791. The van der Waals surface area contributed by atoms with Gasteiger partial charge in [0.15, 0.2) is 0 Å². The number of hydrogen-bond acceptors (Lipinski definition) is 3. The number of rotatable bonds is 2. The molecule has 0 bridgehead atoms. The highest BCUT2D eigenvalue weighted by Gasteiger charge is 2.30. The number of halogens is 3. The van der Waals surface area contributed by atoms with Crippen LogP contribution in [-0.2, 0) is 6.18 Å². The Kier molecular flexibility index (Phi) is 3.28. The van der Waals surface area contributed by atoms with Crippen LogP contribution in [0.5, 0.6) is 0 Å². The second kappa shape index (κ2) is 5.14. The molecule has 1 aromatic carbocycles. The molecular formula is C14H9F3N4O. The summed E-state index contributed by atoms with van der Waals surface area (Å²) < 4.78 is 38.7. The van der Waals surface area contributed by atoms with Crippen molar-refractivity contribution in [1.82, 2.24) is 19.7 Å². The maximum Gasteiger partial charge on any atom is 0.416 e. The number of aromatic nitrogens is 4. The summed E-state index contributed by atoms with van der Waals surface area (Å²) in [5.74, 6) is 0. The minimum Gasteiger partial charge on any atom is -0.289 e. The predicted octanol–water partition coefficient (Wildman–Crippen LogP) is 2.64. The normalized spacial score (nSPS) is 11.6. The van der Waals surface area contributed by atoms with Gasteiger partial charge in [-0.05, 0) is 24.3 Å². The summed E-state index contributed by atoms with van der Waals surface area (Å²) in [4.78, 5) is 19.9. The van der Waals surface area contributed by atoms with Crippen molar-refractivity contribution in [3.63, 3.8) is 0 Å². The zero-order valence-corrected chi connectivity index (χ0v) is 11.0. The number of benzene rings is 1. The third kappa shape index (κ3) is 2.62. The lowest BCUT2D eigenvalue weighted by molar-refractivity contribution is -0.137. The fourth-order valence-corrected chi connectivity index (χ4v) is 1.96. The Morgan fingerprint density at radius 1 is 1.09 bits per heavy atom. The fraction of sp³-hybridized carbons (Fsp3) is 0.0714. The molecule has 0 unspecified atom stereocenters. The Morgan fingerprint density at radius 2 is 1.82 bits per heavy atom. The van der Waals surface area contributed by atoms with Gasteiger partial charge < -0.3 is 0 Å². The molecule has 0 fully saturated rings. The van der Waals surface area contributed by atoms with Crippen molar-refractivity contribution in [2.45, 2.75) is 6.18 Å². The van der Waals surface area contributed by atoms with Crippen LogP contribution in [0.3, 0.4) is 0 Å². The molecule has 112 valence electrons. The van der Waals surface area contributed by atoms with Crippen molar-refractivity contribution < 1.29 is 13.2 Å². The van der Waals surface area contributed by atoms with Crippen molar-refractivity contribution in [3.8, 4) is 17.1 Å². The van der Waals surface area contributed by atoms with Gasteiger partial charge >= 0.3 is 6.18 Å². The van der Waals surface area contributed by atoms with E-state index in [1.807, 2.05) is 0 Å². The molecule has 0 aliphatic rings. The maximum absolute atomic E-state index is 12.5. The average Bonchev–Trinajstić information content (AvgIpc) is 2.89. The van der Waals surface area contributed by atoms with Gasteiger partial charge in [0.05, 0.1) is 23.1 Å². The molecule has 0 radical (unpaired) electrons. The molecule has 3 rings (SSSR count). The maximum atomic E-state index is 12.5. The SMILES string of the molecule is O=c1cc(-c2cnccn2)[nH]n1-c1ccc(C(F)(F)F)cc1. The predicted molar refractivity (Wildman–Crippen MR) is 72.4 cm³/mol. The van der Waals surface area contributed by atoms with Crippen LogP contribution in [0.2, 0.25) is 0 Å². The van der Waals surface area contributed by atoms with E-state index in [9.17, 15) is 18.0 Å². The van der Waals surface area contributed by atoms with Gasteiger partial charge in [-0.15, -0.1) is 0 Å². The van der Waals surface area contributed by atoms with E-state index in [1.165, 1.54) is 36.8 Å². The molecular weight excluding hydrogens is 297 g/mol. The van der Waals surface area contributed by atoms with E-state index in [4.69, 9.17) is 0 Å². The third-order valence-electron chi connectivity index (χ3n) is 3.01. The molecule has 8 heteroatoms. The van der Waals surface area contributed by atoms with Crippen molar-refractivity contribution in [2.24, 2.45) is 0 Å². The second-order valence-electron chi connectivity index (χ2n) is 4.48. The number of hydrogen-bond donors (Lipinski definition) is 1. The first-order valence-corrected chi connectivity index (χ1v) is 6.21. The van der Waals surface area contributed by atoms with Crippen LogP contribution >= 0.6 is 0 Å². The number of nitrogens with one attached hydrogen (secondary N) is 1. The highest BCUT2D eigenvalue weighted by Crippen LogP contribution is 2.29. The van der Waals surface area contributed by atoms with Crippen LogP contribution in [0.25, 0.3) is 17.1 Å². The number of nitrogens with zero attached hydrogens (tertiary/aromatic N) is 3. The van der Waals surface area contributed by atoms with E-state index in [1.54, 1.807) is 0 Å². The molecule has 2 heterocycles. The first kappa shape index (κ1) is 14.1. The summed E-state index contributed by atoms with van der Waals surface area (Å²) in [5.41, 5.74) is 0.0156. The van der Waals surface area contributed by atoms with Gasteiger partial charge in [-0.2, -0.15) is 13.2 Å². The lowest BCUT2D eigenvalue weighted by atomic mass is 10.2. The van der Waals surface area contributed by atoms with Crippen molar-refractivity contribution in [2.75, 3.05) is 0 Å². The monoisotopic (exact) mass is 306 g/mol. The van der Waals surface area contributed by atoms with Crippen LogP contribution in [0.15, 0.2) is 53.7 Å². The average molecular weight is 306 g/mol. The molecule has 0 amide bonds. The van der Waals surface area contributed by atoms with Crippen LogP contribution < -0.4 is 5.56 Å². The largest absolute Gasteiger partial charge is 0.416 e. The highest BCUT2D eigenvalue weighted by molar-refractivity contribution is 5.52. The van der Waals surface area contributed by atoms with Gasteiger partial charge in [0.2, 0.25) is 0 Å². The Labute approximate surface area is 122 Å². The molecule has 0 atom stereocenters. The summed E-state index contributed by atoms with van der Waals surface area (Å²) in [6, 6.07) is 5.60. The van der Waals surface area contributed by atoms with Crippen LogP contribution in [-0.4, -0.2) is 19.7 Å². The van der Waals surface area contributed by atoms with Gasteiger partial charge in [-0.3, -0.25) is 19.9 Å². The van der Waals surface area contributed by atoms with Crippen molar-refractivity contribution in [1.29, 1.82) is 0 Å². The molecule has 0 saturated heterocycles. The first-order valence-electron chi connectivity index (χ1n) is 6.21. The van der Waals surface area contributed by atoms with Gasteiger partial charge in [0, 0.05) is 18.5 Å². The lowest BCUT2D eigenvalue weighted by Crippen LogP contribution is -2.14. The Bertz CT molecular complexity index is 835. The molecule has 3 aromatic rings. The molecule has 0 spiro atoms. The topological polar surface area (TPSA) is 63.6 Å². The minimum absolute atomic E-state index is 0.299. The molecule has 0 aliphatic heterocycles. The molecule has 1 N–H and O–H groups in total.